The summed E-state index contributed by atoms with van der Waals surface area (Å²) in [6.45, 7) is 0. The van der Waals surface area contributed by atoms with Gasteiger partial charge in [0.1, 0.15) is 10.2 Å². The van der Waals surface area contributed by atoms with Crippen molar-refractivity contribution in [3.05, 3.63) is 55.4 Å². The highest BCUT2D eigenvalue weighted by molar-refractivity contribution is 7.20. The maximum Gasteiger partial charge on any atom is 0.416 e. The molecule has 0 aliphatic rings. The van der Waals surface area contributed by atoms with E-state index in [1.165, 1.54) is 6.07 Å². The molecule has 20 heavy (non-hydrogen) atoms. The van der Waals surface area contributed by atoms with E-state index in [2.05, 4.69) is 0 Å². The molecule has 0 aliphatic carbocycles. The highest BCUT2D eigenvalue weighted by Crippen LogP contribution is 2.35. The van der Waals surface area contributed by atoms with Crippen molar-refractivity contribution in [2.24, 2.45) is 0 Å². The number of benzene rings is 1. The molecule has 2 rings (SSSR count). The number of hydrogen-bond donors (Lipinski definition) is 0. The molecule has 0 fully saturated rings. The van der Waals surface area contributed by atoms with Crippen LogP contribution in [-0.2, 0) is 6.18 Å². The SMILES string of the molecule is O=C(c1cc(C(F)(F)F)ccc1F)c1cc(Cl)sc1Cl. The lowest BCUT2D eigenvalue weighted by molar-refractivity contribution is -0.137. The Hall–Kier alpha value is -1.11. The minimum atomic E-state index is -4.67. The van der Waals surface area contributed by atoms with Gasteiger partial charge in [0.05, 0.1) is 21.0 Å². The number of ketones is 1. The van der Waals surface area contributed by atoms with Crippen LogP contribution in [0.5, 0.6) is 0 Å². The number of carbonyl (C=O) groups excluding carboxylic acids is 1. The van der Waals surface area contributed by atoms with Crippen LogP contribution >= 0.6 is 34.5 Å². The second kappa shape index (κ2) is 5.35. The molecular formula is C12H4Cl2F4OS. The van der Waals surface area contributed by atoms with Gasteiger partial charge in [-0.1, -0.05) is 23.2 Å². The minimum absolute atomic E-state index is 0.00295. The fourth-order valence-electron chi connectivity index (χ4n) is 1.52. The number of hydrogen-bond acceptors (Lipinski definition) is 2. The summed E-state index contributed by atoms with van der Waals surface area (Å²) in [6.07, 6.45) is -4.67. The van der Waals surface area contributed by atoms with Crippen LogP contribution in [0.25, 0.3) is 0 Å². The fourth-order valence-corrected chi connectivity index (χ4v) is 2.97. The average Bonchev–Trinajstić information content (AvgIpc) is 2.66. The largest absolute Gasteiger partial charge is 0.416 e. The fraction of sp³-hybridized carbons (Fsp3) is 0.0833. The molecule has 0 bridgehead atoms. The lowest BCUT2D eigenvalue weighted by atomic mass is 10.0. The van der Waals surface area contributed by atoms with Crippen molar-refractivity contribution < 1.29 is 22.4 Å². The summed E-state index contributed by atoms with van der Waals surface area (Å²) in [5.41, 5.74) is -1.93. The molecule has 0 saturated carbocycles. The molecule has 0 radical (unpaired) electrons. The quantitative estimate of drug-likeness (QED) is 0.524. The van der Waals surface area contributed by atoms with Crippen LogP contribution in [0.1, 0.15) is 21.5 Å². The van der Waals surface area contributed by atoms with E-state index < -0.39 is 28.9 Å². The summed E-state index contributed by atoms with van der Waals surface area (Å²) < 4.78 is 51.5. The second-order valence-corrected chi connectivity index (χ2v) is 6.04. The van der Waals surface area contributed by atoms with Crippen LogP contribution in [0.15, 0.2) is 24.3 Å². The van der Waals surface area contributed by atoms with Crippen LogP contribution in [0, 0.1) is 5.82 Å². The lowest BCUT2D eigenvalue weighted by Crippen LogP contribution is -2.10. The Morgan fingerprint density at radius 2 is 1.75 bits per heavy atom. The van der Waals surface area contributed by atoms with E-state index in [9.17, 15) is 22.4 Å². The number of alkyl halides is 3. The molecule has 106 valence electrons. The molecule has 0 unspecified atom stereocenters. The summed E-state index contributed by atoms with van der Waals surface area (Å²) in [5.74, 6) is -2.00. The topological polar surface area (TPSA) is 17.1 Å². The van der Waals surface area contributed by atoms with Gasteiger partial charge < -0.3 is 0 Å². The van der Waals surface area contributed by atoms with E-state index in [0.29, 0.717) is 18.2 Å². The number of rotatable bonds is 2. The minimum Gasteiger partial charge on any atom is -0.288 e. The van der Waals surface area contributed by atoms with Crippen LogP contribution < -0.4 is 0 Å². The first-order valence-electron chi connectivity index (χ1n) is 5.06. The molecule has 0 amide bonds. The molecule has 1 aromatic carbocycles. The molecular weight excluding hydrogens is 339 g/mol. The van der Waals surface area contributed by atoms with Gasteiger partial charge in [-0.3, -0.25) is 4.79 Å². The third-order valence-electron chi connectivity index (χ3n) is 2.44. The summed E-state index contributed by atoms with van der Waals surface area (Å²) >= 11 is 12.3. The normalized spacial score (nSPS) is 11.7. The zero-order valence-corrected chi connectivity index (χ0v) is 11.7. The van der Waals surface area contributed by atoms with Crippen molar-refractivity contribution in [1.29, 1.82) is 0 Å². The Bertz CT molecular complexity index is 679. The van der Waals surface area contributed by atoms with Gasteiger partial charge in [-0.05, 0) is 24.3 Å². The van der Waals surface area contributed by atoms with Crippen molar-refractivity contribution >= 4 is 40.3 Å². The molecule has 1 nitrogen and oxygen atoms in total. The van der Waals surface area contributed by atoms with Crippen molar-refractivity contribution in [3.63, 3.8) is 0 Å². The smallest absolute Gasteiger partial charge is 0.288 e. The predicted octanol–water partition coefficient (Wildman–Crippen LogP) is 5.44. The van der Waals surface area contributed by atoms with Crippen molar-refractivity contribution in [2.75, 3.05) is 0 Å². The molecule has 1 heterocycles. The first-order chi connectivity index (χ1) is 9.20. The highest BCUT2D eigenvalue weighted by Gasteiger charge is 2.32. The Balaban J connectivity index is 2.52. The van der Waals surface area contributed by atoms with Gasteiger partial charge in [0.25, 0.3) is 0 Å². The molecule has 0 spiro atoms. The van der Waals surface area contributed by atoms with Gasteiger partial charge in [0, 0.05) is 0 Å². The van der Waals surface area contributed by atoms with E-state index in [1.54, 1.807) is 0 Å². The molecule has 0 aliphatic heterocycles. The second-order valence-electron chi connectivity index (χ2n) is 3.76. The highest BCUT2D eigenvalue weighted by atomic mass is 35.5. The van der Waals surface area contributed by atoms with Crippen molar-refractivity contribution in [1.82, 2.24) is 0 Å². The van der Waals surface area contributed by atoms with E-state index in [-0.39, 0.29) is 14.2 Å². The summed E-state index contributed by atoms with van der Waals surface area (Å²) in [5, 5.41) is 0. The summed E-state index contributed by atoms with van der Waals surface area (Å²) in [6, 6.07) is 2.81. The number of halogens is 6. The number of carbonyl (C=O) groups is 1. The molecule has 0 atom stereocenters. The maximum absolute atomic E-state index is 13.6. The van der Waals surface area contributed by atoms with Crippen LogP contribution in [0.4, 0.5) is 17.6 Å². The summed E-state index contributed by atoms with van der Waals surface area (Å²) in [7, 11) is 0. The standard InChI is InChI=1S/C12H4Cl2F4OS/c13-9-4-7(11(14)20-9)10(19)6-3-5(12(16,17)18)1-2-8(6)15/h1-4H. The molecule has 0 saturated heterocycles. The molecule has 1 aromatic heterocycles. The zero-order chi connectivity index (χ0) is 15.1. The Labute approximate surface area is 124 Å². The van der Waals surface area contributed by atoms with E-state index in [4.69, 9.17) is 23.2 Å². The van der Waals surface area contributed by atoms with Gasteiger partial charge in [-0.15, -0.1) is 11.3 Å². The Morgan fingerprint density at radius 1 is 1.10 bits per heavy atom. The third-order valence-corrected chi connectivity index (χ3v) is 3.93. The molecule has 2 aromatic rings. The van der Waals surface area contributed by atoms with Crippen LogP contribution in [0.3, 0.4) is 0 Å². The first-order valence-corrected chi connectivity index (χ1v) is 6.63. The van der Waals surface area contributed by atoms with Crippen LogP contribution in [0.2, 0.25) is 8.67 Å². The van der Waals surface area contributed by atoms with Gasteiger partial charge in [-0.2, -0.15) is 13.2 Å². The monoisotopic (exact) mass is 342 g/mol. The van der Waals surface area contributed by atoms with E-state index >= 15 is 0 Å². The average molecular weight is 343 g/mol. The molecule has 8 heteroatoms. The first kappa shape index (κ1) is 15.3. The van der Waals surface area contributed by atoms with E-state index in [0.717, 1.165) is 11.3 Å². The van der Waals surface area contributed by atoms with E-state index in [1.807, 2.05) is 0 Å². The lowest BCUT2D eigenvalue weighted by Gasteiger charge is -2.09. The van der Waals surface area contributed by atoms with Gasteiger partial charge in [0.15, 0.2) is 5.78 Å². The van der Waals surface area contributed by atoms with Gasteiger partial charge in [0.2, 0.25) is 0 Å². The predicted molar refractivity (Wildman–Crippen MR) is 69.2 cm³/mol. The van der Waals surface area contributed by atoms with Crippen LogP contribution in [-0.4, -0.2) is 5.78 Å². The third kappa shape index (κ3) is 2.97. The maximum atomic E-state index is 13.6. The zero-order valence-electron chi connectivity index (χ0n) is 9.39. The van der Waals surface area contributed by atoms with Crippen molar-refractivity contribution in [3.8, 4) is 0 Å². The molecule has 0 N–H and O–H groups in total. The van der Waals surface area contributed by atoms with Gasteiger partial charge in [-0.25, -0.2) is 4.39 Å². The van der Waals surface area contributed by atoms with Gasteiger partial charge >= 0.3 is 6.18 Å². The Kier molecular flexibility index (Phi) is 4.09. The number of thiophene rings is 1. The Morgan fingerprint density at radius 3 is 2.25 bits per heavy atom. The summed E-state index contributed by atoms with van der Waals surface area (Å²) in [4.78, 5) is 12.0. The van der Waals surface area contributed by atoms with Crippen molar-refractivity contribution in [2.45, 2.75) is 6.18 Å².